The van der Waals surface area contributed by atoms with Gasteiger partial charge in [0.15, 0.2) is 0 Å². The van der Waals surface area contributed by atoms with Crippen molar-refractivity contribution in [1.82, 2.24) is 15.1 Å². The number of rotatable bonds is 7. The van der Waals surface area contributed by atoms with Crippen LogP contribution in [0.25, 0.3) is 0 Å². The van der Waals surface area contributed by atoms with E-state index in [0.29, 0.717) is 19.5 Å². The van der Waals surface area contributed by atoms with Crippen molar-refractivity contribution in [3.8, 4) is 0 Å². The lowest BCUT2D eigenvalue weighted by molar-refractivity contribution is -0.130. The number of hydrogen-bond donors (Lipinski definition) is 1. The number of carbonyl (C=O) groups excluding carboxylic acids is 2. The van der Waals surface area contributed by atoms with Gasteiger partial charge in [-0.3, -0.25) is 14.5 Å². The Bertz CT molecular complexity index is 495. The number of likely N-dealkylation sites (tertiary alicyclic amines) is 1. The number of carbonyl (C=O) groups is 2. The van der Waals surface area contributed by atoms with E-state index in [4.69, 9.17) is 4.74 Å². The molecule has 2 rings (SSSR count). The van der Waals surface area contributed by atoms with Gasteiger partial charge in [0.2, 0.25) is 11.8 Å². The molecule has 1 N–H and O–H groups in total. The highest BCUT2D eigenvalue weighted by Gasteiger charge is 2.38. The summed E-state index contributed by atoms with van der Waals surface area (Å²) in [5, 5.41) is 3.11. The minimum Gasteiger partial charge on any atom is -0.373 e. The predicted octanol–water partition coefficient (Wildman–Crippen LogP) is 2.03. The van der Waals surface area contributed by atoms with Gasteiger partial charge in [0.05, 0.1) is 18.1 Å². The molecule has 2 amide bonds. The molecule has 0 saturated carbocycles. The van der Waals surface area contributed by atoms with Crippen LogP contribution in [0.4, 0.5) is 0 Å². The molecule has 0 aromatic heterocycles. The zero-order valence-corrected chi connectivity index (χ0v) is 17.4. The monoisotopic (exact) mass is 367 g/mol. The first-order chi connectivity index (χ1) is 12.2. The highest BCUT2D eigenvalue weighted by atomic mass is 16.5. The first-order valence-corrected chi connectivity index (χ1v) is 10.2. The van der Waals surface area contributed by atoms with Crippen LogP contribution in [-0.4, -0.2) is 71.6 Å². The Balaban J connectivity index is 1.89. The summed E-state index contributed by atoms with van der Waals surface area (Å²) in [7, 11) is 0. The van der Waals surface area contributed by atoms with Gasteiger partial charge in [-0.25, -0.2) is 0 Å². The molecule has 2 heterocycles. The SMILES string of the molecule is CCC(CC)N1CC(C(=O)NCC(C)(C)N2CC(C)OC(C)C2)CC1=O. The summed E-state index contributed by atoms with van der Waals surface area (Å²) in [5.41, 5.74) is -0.139. The summed E-state index contributed by atoms with van der Waals surface area (Å²) in [4.78, 5) is 29.2. The van der Waals surface area contributed by atoms with Gasteiger partial charge in [-0.05, 0) is 40.5 Å². The third kappa shape index (κ3) is 4.97. The van der Waals surface area contributed by atoms with E-state index in [1.807, 2.05) is 4.90 Å². The molecular formula is C20H37N3O3. The molecule has 2 aliphatic heterocycles. The van der Waals surface area contributed by atoms with Gasteiger partial charge in [-0.15, -0.1) is 0 Å². The molecule has 3 atom stereocenters. The fraction of sp³-hybridized carbons (Fsp3) is 0.900. The van der Waals surface area contributed by atoms with Crippen LogP contribution in [0, 0.1) is 5.92 Å². The number of nitrogens with one attached hydrogen (secondary N) is 1. The molecule has 3 unspecified atom stereocenters. The molecule has 0 aromatic rings. The summed E-state index contributed by atoms with van der Waals surface area (Å²) in [6, 6.07) is 0.257. The van der Waals surface area contributed by atoms with Crippen molar-refractivity contribution < 1.29 is 14.3 Å². The standard InChI is InChI=1S/C20H37N3O3/c1-7-17(8-2)23-12-16(9-18(23)24)19(25)21-13-20(5,6)22-10-14(3)26-15(4)11-22/h14-17H,7-13H2,1-6H3,(H,21,25). The number of ether oxygens (including phenoxy) is 1. The molecule has 2 aliphatic rings. The summed E-state index contributed by atoms with van der Waals surface area (Å²) >= 11 is 0. The highest BCUT2D eigenvalue weighted by Crippen LogP contribution is 2.24. The minimum atomic E-state index is -0.221. The van der Waals surface area contributed by atoms with Crippen LogP contribution in [0.1, 0.15) is 60.8 Å². The molecular weight excluding hydrogens is 330 g/mol. The quantitative estimate of drug-likeness (QED) is 0.748. The molecule has 0 aromatic carbocycles. The van der Waals surface area contributed by atoms with Crippen molar-refractivity contribution >= 4 is 11.8 Å². The number of hydrogen-bond acceptors (Lipinski definition) is 4. The van der Waals surface area contributed by atoms with Crippen LogP contribution < -0.4 is 5.32 Å². The van der Waals surface area contributed by atoms with Crippen molar-refractivity contribution in [2.45, 2.75) is 84.6 Å². The Kier molecular flexibility index (Phi) is 7.08. The second-order valence-corrected chi connectivity index (χ2v) is 8.61. The lowest BCUT2D eigenvalue weighted by Crippen LogP contribution is -2.59. The van der Waals surface area contributed by atoms with E-state index in [1.54, 1.807) is 0 Å². The minimum absolute atomic E-state index is 0.00855. The highest BCUT2D eigenvalue weighted by molar-refractivity contribution is 5.89. The van der Waals surface area contributed by atoms with Gasteiger partial charge in [-0.2, -0.15) is 0 Å². The molecule has 0 radical (unpaired) electrons. The van der Waals surface area contributed by atoms with Crippen LogP contribution >= 0.6 is 0 Å². The average molecular weight is 368 g/mol. The average Bonchev–Trinajstić information content (AvgIpc) is 2.95. The van der Waals surface area contributed by atoms with Crippen molar-refractivity contribution in [3.63, 3.8) is 0 Å². The van der Waals surface area contributed by atoms with E-state index >= 15 is 0 Å². The second-order valence-electron chi connectivity index (χ2n) is 8.61. The predicted molar refractivity (Wildman–Crippen MR) is 103 cm³/mol. The molecule has 0 bridgehead atoms. The number of amides is 2. The lowest BCUT2D eigenvalue weighted by Gasteiger charge is -2.45. The van der Waals surface area contributed by atoms with Crippen LogP contribution in [0.15, 0.2) is 0 Å². The van der Waals surface area contributed by atoms with E-state index in [1.165, 1.54) is 0 Å². The zero-order valence-electron chi connectivity index (χ0n) is 17.4. The smallest absolute Gasteiger partial charge is 0.225 e. The largest absolute Gasteiger partial charge is 0.373 e. The zero-order chi connectivity index (χ0) is 19.5. The summed E-state index contributed by atoms with van der Waals surface area (Å²) in [6.07, 6.45) is 2.63. The molecule has 6 nitrogen and oxygen atoms in total. The third-order valence-corrected chi connectivity index (χ3v) is 5.88. The van der Waals surface area contributed by atoms with Crippen LogP contribution in [0.2, 0.25) is 0 Å². The van der Waals surface area contributed by atoms with Crippen molar-refractivity contribution in [2.24, 2.45) is 5.92 Å². The summed E-state index contributed by atoms with van der Waals surface area (Å²) in [5.74, 6) is -0.0930. The van der Waals surface area contributed by atoms with E-state index < -0.39 is 0 Å². The van der Waals surface area contributed by atoms with Crippen molar-refractivity contribution in [3.05, 3.63) is 0 Å². The van der Waals surface area contributed by atoms with Gasteiger partial charge in [0.1, 0.15) is 0 Å². The second kappa shape index (κ2) is 8.70. The summed E-state index contributed by atoms with van der Waals surface area (Å²) < 4.78 is 5.81. The van der Waals surface area contributed by atoms with E-state index in [9.17, 15) is 9.59 Å². The van der Waals surface area contributed by atoms with Gasteiger partial charge in [0.25, 0.3) is 0 Å². The lowest BCUT2D eigenvalue weighted by atomic mass is 9.99. The van der Waals surface area contributed by atoms with Gasteiger partial charge in [0, 0.05) is 44.2 Å². The van der Waals surface area contributed by atoms with E-state index in [0.717, 1.165) is 25.9 Å². The fourth-order valence-electron chi connectivity index (χ4n) is 4.22. The van der Waals surface area contributed by atoms with Crippen LogP contribution in [0.3, 0.4) is 0 Å². The molecule has 2 saturated heterocycles. The number of morpholine rings is 1. The maximum atomic E-state index is 12.7. The number of nitrogens with zero attached hydrogens (tertiary/aromatic N) is 2. The molecule has 26 heavy (non-hydrogen) atoms. The maximum absolute atomic E-state index is 12.7. The van der Waals surface area contributed by atoms with Gasteiger partial charge >= 0.3 is 0 Å². The van der Waals surface area contributed by atoms with E-state index in [2.05, 4.69) is 51.8 Å². The van der Waals surface area contributed by atoms with Gasteiger partial charge < -0.3 is 15.0 Å². The first kappa shape index (κ1) is 21.2. The molecule has 2 fully saturated rings. The summed E-state index contributed by atoms with van der Waals surface area (Å²) in [6.45, 7) is 15.6. The Morgan fingerprint density at radius 3 is 2.31 bits per heavy atom. The Labute approximate surface area is 158 Å². The molecule has 6 heteroatoms. The van der Waals surface area contributed by atoms with E-state index in [-0.39, 0.29) is 41.5 Å². The Morgan fingerprint density at radius 1 is 1.19 bits per heavy atom. The van der Waals surface area contributed by atoms with Crippen molar-refractivity contribution in [1.29, 1.82) is 0 Å². The van der Waals surface area contributed by atoms with Crippen LogP contribution in [-0.2, 0) is 14.3 Å². The fourth-order valence-corrected chi connectivity index (χ4v) is 4.22. The normalized spacial score (nSPS) is 28.0. The Hall–Kier alpha value is -1.14. The molecule has 150 valence electrons. The van der Waals surface area contributed by atoms with Crippen molar-refractivity contribution in [2.75, 3.05) is 26.2 Å². The first-order valence-electron chi connectivity index (χ1n) is 10.2. The molecule has 0 aliphatic carbocycles. The molecule has 0 spiro atoms. The maximum Gasteiger partial charge on any atom is 0.225 e. The Morgan fingerprint density at radius 2 is 1.77 bits per heavy atom. The van der Waals surface area contributed by atoms with Gasteiger partial charge in [-0.1, -0.05) is 13.8 Å². The van der Waals surface area contributed by atoms with Crippen LogP contribution in [0.5, 0.6) is 0 Å². The third-order valence-electron chi connectivity index (χ3n) is 5.88. The topological polar surface area (TPSA) is 61.9 Å².